The molecule has 5 nitrogen and oxygen atoms in total. The molecule has 114 valence electrons. The van der Waals surface area contributed by atoms with Crippen molar-refractivity contribution in [2.75, 3.05) is 0 Å². The van der Waals surface area contributed by atoms with Crippen LogP contribution in [-0.4, -0.2) is 21.5 Å². The Kier molecular flexibility index (Phi) is 6.19. The number of H-pyrrole nitrogens is 1. The van der Waals surface area contributed by atoms with E-state index >= 15 is 0 Å². The first-order valence-electron chi connectivity index (χ1n) is 6.61. The summed E-state index contributed by atoms with van der Waals surface area (Å²) in [5.41, 5.74) is 7.82. The molecule has 0 spiro atoms. The fourth-order valence-electron chi connectivity index (χ4n) is 1.79. The first-order valence-corrected chi connectivity index (χ1v) is 6.61. The van der Waals surface area contributed by atoms with Crippen LogP contribution in [0.3, 0.4) is 0 Å². The number of rotatable bonds is 3. The van der Waals surface area contributed by atoms with Crippen molar-refractivity contribution in [1.82, 2.24) is 15.3 Å². The molecule has 0 amide bonds. The Bertz CT molecular complexity index is 584. The number of aliphatic imine (C=N–C) groups is 1. The summed E-state index contributed by atoms with van der Waals surface area (Å²) in [7, 11) is 0. The summed E-state index contributed by atoms with van der Waals surface area (Å²) in [4.78, 5) is 11.8. The van der Waals surface area contributed by atoms with Gasteiger partial charge in [0.25, 0.3) is 0 Å². The van der Waals surface area contributed by atoms with Crippen LogP contribution in [0.4, 0.5) is 0 Å². The molecule has 4 N–H and O–H groups in total. The molecule has 0 bridgehead atoms. The summed E-state index contributed by atoms with van der Waals surface area (Å²) < 4.78 is 0. The first kappa shape index (κ1) is 17.5. The maximum atomic E-state index is 5.82. The predicted octanol–water partition coefficient (Wildman–Crippen LogP) is 2.90. The number of guanidine groups is 1. The van der Waals surface area contributed by atoms with Gasteiger partial charge in [-0.3, -0.25) is 0 Å². The lowest BCUT2D eigenvalue weighted by atomic mass is 10.1. The molecule has 0 saturated heterocycles. The second kappa shape index (κ2) is 7.44. The largest absolute Gasteiger partial charge is 0.370 e. The normalized spacial score (nSPS) is 11.9. The van der Waals surface area contributed by atoms with Gasteiger partial charge in [-0.05, 0) is 26.3 Å². The Morgan fingerprint density at radius 3 is 2.57 bits per heavy atom. The number of imidazole rings is 1. The fraction of sp³-hybridized carbons (Fsp3) is 0.333. The van der Waals surface area contributed by atoms with Crippen LogP contribution < -0.4 is 11.1 Å². The summed E-state index contributed by atoms with van der Waals surface area (Å²) in [6.07, 6.45) is 1.81. The van der Waals surface area contributed by atoms with Crippen LogP contribution in [0.25, 0.3) is 11.3 Å². The number of hydrogen-bond acceptors (Lipinski definition) is 2. The SMILES string of the molecule is CC(C)(C)NC(N)=NCc1ncc(-c2ccccc2)[nH]1.I. The first-order chi connectivity index (χ1) is 9.44. The van der Waals surface area contributed by atoms with E-state index in [-0.39, 0.29) is 29.5 Å². The second-order valence-electron chi connectivity index (χ2n) is 5.69. The highest BCUT2D eigenvalue weighted by Gasteiger charge is 2.09. The lowest BCUT2D eigenvalue weighted by molar-refractivity contribution is 0.508. The molecule has 0 aliphatic carbocycles. The zero-order valence-electron chi connectivity index (χ0n) is 12.6. The standard InChI is InChI=1S/C15H21N5.HI/c1-15(2,3)20-14(16)18-10-13-17-9-12(19-13)11-7-5-4-6-8-11;/h4-9H,10H2,1-3H3,(H,17,19)(H3,16,18,20);1H. The van der Waals surface area contributed by atoms with Gasteiger partial charge >= 0.3 is 0 Å². The lowest BCUT2D eigenvalue weighted by Crippen LogP contribution is -2.45. The Labute approximate surface area is 142 Å². The highest BCUT2D eigenvalue weighted by molar-refractivity contribution is 14.0. The zero-order valence-corrected chi connectivity index (χ0v) is 14.9. The molecule has 0 aliphatic heterocycles. The lowest BCUT2D eigenvalue weighted by Gasteiger charge is -2.20. The minimum atomic E-state index is -0.0913. The number of aromatic nitrogens is 2. The third-order valence-corrected chi connectivity index (χ3v) is 2.62. The van der Waals surface area contributed by atoms with Gasteiger partial charge in [-0.1, -0.05) is 30.3 Å². The monoisotopic (exact) mass is 399 g/mol. The third kappa shape index (κ3) is 5.74. The molecule has 0 saturated carbocycles. The maximum absolute atomic E-state index is 5.82. The number of halogens is 1. The van der Waals surface area contributed by atoms with E-state index in [0.29, 0.717) is 12.5 Å². The van der Waals surface area contributed by atoms with Gasteiger partial charge in [0.15, 0.2) is 5.96 Å². The highest BCUT2D eigenvalue weighted by atomic mass is 127. The molecule has 0 radical (unpaired) electrons. The minimum Gasteiger partial charge on any atom is -0.370 e. The molecular weight excluding hydrogens is 377 g/mol. The molecule has 0 unspecified atom stereocenters. The van der Waals surface area contributed by atoms with E-state index in [0.717, 1.165) is 17.1 Å². The van der Waals surface area contributed by atoms with Gasteiger partial charge in [0.2, 0.25) is 0 Å². The topological polar surface area (TPSA) is 79.1 Å². The second-order valence-corrected chi connectivity index (χ2v) is 5.69. The number of hydrogen-bond donors (Lipinski definition) is 3. The van der Waals surface area contributed by atoms with Gasteiger partial charge in [0.1, 0.15) is 12.4 Å². The van der Waals surface area contributed by atoms with Crippen LogP contribution in [0.1, 0.15) is 26.6 Å². The van der Waals surface area contributed by atoms with E-state index in [1.165, 1.54) is 0 Å². The predicted molar refractivity (Wildman–Crippen MR) is 97.7 cm³/mol. The van der Waals surface area contributed by atoms with Gasteiger partial charge in [-0.2, -0.15) is 0 Å². The van der Waals surface area contributed by atoms with E-state index in [1.54, 1.807) is 0 Å². The molecule has 2 aromatic rings. The molecule has 0 fully saturated rings. The number of nitrogens with two attached hydrogens (primary N) is 1. The van der Waals surface area contributed by atoms with Crippen LogP contribution in [0.2, 0.25) is 0 Å². The molecule has 0 atom stereocenters. The number of nitrogens with zero attached hydrogens (tertiary/aromatic N) is 2. The molecule has 6 heteroatoms. The zero-order chi connectivity index (χ0) is 14.6. The summed E-state index contributed by atoms with van der Waals surface area (Å²) in [5.74, 6) is 1.22. The number of aromatic amines is 1. The van der Waals surface area contributed by atoms with Crippen molar-refractivity contribution in [3.63, 3.8) is 0 Å². The van der Waals surface area contributed by atoms with E-state index in [2.05, 4.69) is 20.3 Å². The third-order valence-electron chi connectivity index (χ3n) is 2.62. The summed E-state index contributed by atoms with van der Waals surface area (Å²) in [5, 5.41) is 3.11. The molecule has 21 heavy (non-hydrogen) atoms. The number of nitrogens with one attached hydrogen (secondary N) is 2. The fourth-order valence-corrected chi connectivity index (χ4v) is 1.79. The van der Waals surface area contributed by atoms with Crippen molar-refractivity contribution < 1.29 is 0 Å². The molecule has 0 aliphatic rings. The van der Waals surface area contributed by atoms with Gasteiger partial charge in [-0.15, -0.1) is 24.0 Å². The average molecular weight is 399 g/mol. The van der Waals surface area contributed by atoms with Gasteiger partial charge < -0.3 is 16.0 Å². The van der Waals surface area contributed by atoms with Crippen molar-refractivity contribution in [3.05, 3.63) is 42.4 Å². The van der Waals surface area contributed by atoms with Crippen molar-refractivity contribution in [3.8, 4) is 11.3 Å². The van der Waals surface area contributed by atoms with Crippen molar-refractivity contribution in [2.45, 2.75) is 32.9 Å². The van der Waals surface area contributed by atoms with E-state index in [1.807, 2.05) is 57.3 Å². The molecule has 1 aromatic carbocycles. The van der Waals surface area contributed by atoms with Crippen molar-refractivity contribution in [1.29, 1.82) is 0 Å². The minimum absolute atomic E-state index is 0. The Balaban J connectivity index is 0.00000220. The van der Waals surface area contributed by atoms with Crippen LogP contribution in [0.15, 0.2) is 41.5 Å². The van der Waals surface area contributed by atoms with E-state index in [9.17, 15) is 0 Å². The molecule has 1 aromatic heterocycles. The van der Waals surface area contributed by atoms with E-state index < -0.39 is 0 Å². The van der Waals surface area contributed by atoms with Crippen LogP contribution in [-0.2, 0) is 6.54 Å². The van der Waals surface area contributed by atoms with Crippen molar-refractivity contribution >= 4 is 29.9 Å². The maximum Gasteiger partial charge on any atom is 0.189 e. The van der Waals surface area contributed by atoms with Crippen LogP contribution in [0, 0.1) is 0 Å². The van der Waals surface area contributed by atoms with Gasteiger partial charge in [-0.25, -0.2) is 9.98 Å². The van der Waals surface area contributed by atoms with E-state index in [4.69, 9.17) is 5.73 Å². The molecular formula is C15H22IN5. The Hall–Kier alpha value is -1.57. The van der Waals surface area contributed by atoms with Crippen molar-refractivity contribution in [2.24, 2.45) is 10.7 Å². The average Bonchev–Trinajstić information content (AvgIpc) is 2.84. The van der Waals surface area contributed by atoms with Crippen LogP contribution in [0.5, 0.6) is 0 Å². The Morgan fingerprint density at radius 2 is 1.95 bits per heavy atom. The summed E-state index contributed by atoms with van der Waals surface area (Å²) in [6, 6.07) is 10.1. The summed E-state index contributed by atoms with van der Waals surface area (Å²) >= 11 is 0. The quantitative estimate of drug-likeness (QED) is 0.422. The van der Waals surface area contributed by atoms with Gasteiger partial charge in [0.05, 0.1) is 11.9 Å². The number of benzene rings is 1. The smallest absolute Gasteiger partial charge is 0.189 e. The highest BCUT2D eigenvalue weighted by Crippen LogP contribution is 2.16. The molecule has 1 heterocycles. The van der Waals surface area contributed by atoms with Gasteiger partial charge in [0, 0.05) is 5.54 Å². The molecule has 2 rings (SSSR count). The van der Waals surface area contributed by atoms with Crippen LogP contribution >= 0.6 is 24.0 Å². The summed E-state index contributed by atoms with van der Waals surface area (Å²) in [6.45, 7) is 6.54. The Morgan fingerprint density at radius 1 is 1.29 bits per heavy atom.